The first-order valence-electron chi connectivity index (χ1n) is 5.02. The minimum Gasteiger partial charge on any atom is -0.360 e. The lowest BCUT2D eigenvalue weighted by molar-refractivity contribution is -0.137. The second kappa shape index (κ2) is 4.18. The molecule has 0 spiro atoms. The van der Waals surface area contributed by atoms with Crippen molar-refractivity contribution in [2.45, 2.75) is 12.6 Å². The number of alkyl halides is 3. The zero-order valence-corrected chi connectivity index (χ0v) is 9.01. The third-order valence-electron chi connectivity index (χ3n) is 2.55. The zero-order chi connectivity index (χ0) is 13.3. The lowest BCUT2D eigenvalue weighted by Crippen LogP contribution is -2.04. The monoisotopic (exact) mass is 252 g/mol. The predicted molar refractivity (Wildman–Crippen MR) is 57.9 cm³/mol. The van der Waals surface area contributed by atoms with Gasteiger partial charge in [0.25, 0.3) is 0 Å². The SMILES string of the molecule is N#CCC(=O)c1c[nH]c2ccc(C(F)(F)F)cc12. The van der Waals surface area contributed by atoms with Gasteiger partial charge in [-0.05, 0) is 18.2 Å². The molecule has 1 heterocycles. The van der Waals surface area contributed by atoms with Crippen LogP contribution in [0.25, 0.3) is 10.9 Å². The van der Waals surface area contributed by atoms with Gasteiger partial charge < -0.3 is 4.98 Å². The Labute approximate surface area is 99.8 Å². The minimum absolute atomic E-state index is 0.109. The molecule has 92 valence electrons. The molecule has 1 N–H and O–H groups in total. The van der Waals surface area contributed by atoms with Gasteiger partial charge in [-0.2, -0.15) is 18.4 Å². The minimum atomic E-state index is -4.46. The van der Waals surface area contributed by atoms with Crippen molar-refractivity contribution in [1.82, 2.24) is 4.98 Å². The summed E-state index contributed by atoms with van der Waals surface area (Å²) in [4.78, 5) is 14.3. The van der Waals surface area contributed by atoms with Crippen molar-refractivity contribution < 1.29 is 18.0 Å². The number of nitriles is 1. The van der Waals surface area contributed by atoms with Crippen LogP contribution in [0, 0.1) is 11.3 Å². The van der Waals surface area contributed by atoms with E-state index in [0.29, 0.717) is 5.52 Å². The van der Waals surface area contributed by atoms with E-state index >= 15 is 0 Å². The van der Waals surface area contributed by atoms with E-state index in [0.717, 1.165) is 12.1 Å². The highest BCUT2D eigenvalue weighted by atomic mass is 19.4. The number of H-pyrrole nitrogens is 1. The normalized spacial score (nSPS) is 11.4. The number of carbonyl (C=O) groups excluding carboxylic acids is 1. The van der Waals surface area contributed by atoms with Gasteiger partial charge in [-0.3, -0.25) is 4.79 Å². The van der Waals surface area contributed by atoms with E-state index in [-0.39, 0.29) is 17.4 Å². The Morgan fingerprint density at radius 3 is 2.72 bits per heavy atom. The molecule has 0 bridgehead atoms. The molecule has 0 saturated heterocycles. The first-order chi connectivity index (χ1) is 8.43. The summed E-state index contributed by atoms with van der Waals surface area (Å²) < 4.78 is 37.7. The average Bonchev–Trinajstić information content (AvgIpc) is 2.70. The molecule has 2 rings (SSSR count). The second-order valence-corrected chi connectivity index (χ2v) is 3.72. The van der Waals surface area contributed by atoms with Gasteiger partial charge in [0.2, 0.25) is 0 Å². The molecule has 0 saturated carbocycles. The topological polar surface area (TPSA) is 56.6 Å². The van der Waals surface area contributed by atoms with E-state index < -0.39 is 17.5 Å². The van der Waals surface area contributed by atoms with Gasteiger partial charge in [-0.15, -0.1) is 0 Å². The number of hydrogen-bond donors (Lipinski definition) is 1. The van der Waals surface area contributed by atoms with Crippen LogP contribution in [0.3, 0.4) is 0 Å². The van der Waals surface area contributed by atoms with Crippen LogP contribution < -0.4 is 0 Å². The largest absolute Gasteiger partial charge is 0.416 e. The fraction of sp³-hybridized carbons (Fsp3) is 0.167. The molecule has 0 fully saturated rings. The van der Waals surface area contributed by atoms with Crippen LogP contribution in [0.2, 0.25) is 0 Å². The van der Waals surface area contributed by atoms with E-state index in [1.54, 1.807) is 6.07 Å². The summed E-state index contributed by atoms with van der Waals surface area (Å²) in [6, 6.07) is 4.80. The van der Waals surface area contributed by atoms with Gasteiger partial charge >= 0.3 is 6.18 Å². The van der Waals surface area contributed by atoms with Crippen molar-refractivity contribution in [1.29, 1.82) is 5.26 Å². The van der Waals surface area contributed by atoms with Crippen molar-refractivity contribution >= 4 is 16.7 Å². The van der Waals surface area contributed by atoms with Crippen molar-refractivity contribution in [2.24, 2.45) is 0 Å². The first-order valence-corrected chi connectivity index (χ1v) is 5.02. The van der Waals surface area contributed by atoms with Crippen LogP contribution in [-0.2, 0) is 6.18 Å². The second-order valence-electron chi connectivity index (χ2n) is 3.72. The van der Waals surface area contributed by atoms with E-state index in [4.69, 9.17) is 5.26 Å². The summed E-state index contributed by atoms with van der Waals surface area (Å²) in [7, 11) is 0. The molecule has 1 aromatic heterocycles. The predicted octanol–water partition coefficient (Wildman–Crippen LogP) is 3.28. The highest BCUT2D eigenvalue weighted by Crippen LogP contribution is 2.32. The number of benzene rings is 1. The molecule has 0 aliphatic heterocycles. The number of aromatic nitrogens is 1. The van der Waals surface area contributed by atoms with Crippen LogP contribution in [0.15, 0.2) is 24.4 Å². The van der Waals surface area contributed by atoms with Gasteiger partial charge in [0.05, 0.1) is 18.1 Å². The lowest BCUT2D eigenvalue weighted by atomic mass is 10.1. The average molecular weight is 252 g/mol. The number of rotatable bonds is 2. The summed E-state index contributed by atoms with van der Waals surface area (Å²) >= 11 is 0. The van der Waals surface area contributed by atoms with Gasteiger partial charge in [0.1, 0.15) is 0 Å². The molecule has 0 amide bonds. The number of fused-ring (bicyclic) bond motifs is 1. The molecular weight excluding hydrogens is 245 g/mol. The Morgan fingerprint density at radius 2 is 2.11 bits per heavy atom. The van der Waals surface area contributed by atoms with Crippen molar-refractivity contribution in [3.63, 3.8) is 0 Å². The Kier molecular flexibility index (Phi) is 2.83. The van der Waals surface area contributed by atoms with Crippen LogP contribution >= 0.6 is 0 Å². The highest BCUT2D eigenvalue weighted by Gasteiger charge is 2.31. The number of ketones is 1. The molecule has 0 aliphatic rings. The number of hydrogen-bond acceptors (Lipinski definition) is 2. The van der Waals surface area contributed by atoms with Crippen LogP contribution in [-0.4, -0.2) is 10.8 Å². The maximum absolute atomic E-state index is 12.6. The standard InChI is InChI=1S/C12H7F3N2O/c13-12(14,15)7-1-2-10-8(5-7)9(6-17-10)11(18)3-4-16/h1-2,5-6,17H,3H2. The van der Waals surface area contributed by atoms with E-state index in [1.165, 1.54) is 12.3 Å². The maximum atomic E-state index is 12.6. The summed E-state index contributed by atoms with van der Waals surface area (Å²) in [5.74, 6) is -0.497. The van der Waals surface area contributed by atoms with E-state index in [2.05, 4.69) is 4.98 Å². The zero-order valence-electron chi connectivity index (χ0n) is 9.01. The number of nitrogens with one attached hydrogen (secondary N) is 1. The molecular formula is C12H7F3N2O. The van der Waals surface area contributed by atoms with Crippen molar-refractivity contribution in [2.75, 3.05) is 0 Å². The molecule has 3 nitrogen and oxygen atoms in total. The fourth-order valence-corrected chi connectivity index (χ4v) is 1.69. The van der Waals surface area contributed by atoms with E-state index in [9.17, 15) is 18.0 Å². The Morgan fingerprint density at radius 1 is 1.39 bits per heavy atom. The Balaban J connectivity index is 2.57. The third-order valence-corrected chi connectivity index (χ3v) is 2.55. The molecule has 0 aliphatic carbocycles. The number of carbonyl (C=O) groups is 1. The molecule has 0 radical (unpaired) electrons. The molecule has 2 aromatic rings. The number of halogens is 3. The fourth-order valence-electron chi connectivity index (χ4n) is 1.69. The summed E-state index contributed by atoms with van der Waals surface area (Å²) in [5.41, 5.74) is -0.275. The van der Waals surface area contributed by atoms with Crippen molar-refractivity contribution in [3.8, 4) is 6.07 Å². The quantitative estimate of drug-likeness (QED) is 0.834. The highest BCUT2D eigenvalue weighted by molar-refractivity contribution is 6.08. The van der Waals surface area contributed by atoms with Crippen LogP contribution in [0.1, 0.15) is 22.3 Å². The smallest absolute Gasteiger partial charge is 0.360 e. The van der Waals surface area contributed by atoms with Crippen LogP contribution in [0.4, 0.5) is 13.2 Å². The van der Waals surface area contributed by atoms with Gasteiger partial charge in [0.15, 0.2) is 5.78 Å². The maximum Gasteiger partial charge on any atom is 0.416 e. The lowest BCUT2D eigenvalue weighted by Gasteiger charge is -2.06. The van der Waals surface area contributed by atoms with Crippen LogP contribution in [0.5, 0.6) is 0 Å². The number of nitrogens with zero attached hydrogens (tertiary/aromatic N) is 1. The molecule has 18 heavy (non-hydrogen) atoms. The molecule has 0 atom stereocenters. The van der Waals surface area contributed by atoms with Gasteiger partial charge in [-0.1, -0.05) is 0 Å². The van der Waals surface area contributed by atoms with Gasteiger partial charge in [-0.25, -0.2) is 0 Å². The molecule has 1 aromatic carbocycles. The summed E-state index contributed by atoms with van der Waals surface area (Å²) in [6.45, 7) is 0. The number of Topliss-reactive ketones (excluding diaryl/α,β-unsaturated/α-hetero) is 1. The third kappa shape index (κ3) is 2.07. The van der Waals surface area contributed by atoms with Gasteiger partial charge in [0, 0.05) is 22.7 Å². The van der Waals surface area contributed by atoms with E-state index in [1.807, 2.05) is 0 Å². The molecule has 6 heteroatoms. The first kappa shape index (κ1) is 12.2. The summed E-state index contributed by atoms with van der Waals surface area (Å²) in [5, 5.41) is 8.62. The van der Waals surface area contributed by atoms with Crippen molar-refractivity contribution in [3.05, 3.63) is 35.5 Å². The molecule has 0 unspecified atom stereocenters. The Hall–Kier alpha value is -2.29. The number of aromatic amines is 1. The summed E-state index contributed by atoms with van der Waals surface area (Å²) in [6.07, 6.45) is -3.49. The Bertz CT molecular complexity index is 649.